The van der Waals surface area contributed by atoms with Crippen LogP contribution in [0.4, 0.5) is 11.4 Å². The van der Waals surface area contributed by atoms with Crippen molar-refractivity contribution in [1.82, 2.24) is 0 Å². The van der Waals surface area contributed by atoms with Gasteiger partial charge in [-0.2, -0.15) is 0 Å². The highest BCUT2D eigenvalue weighted by molar-refractivity contribution is 5.98. The maximum absolute atomic E-state index is 12.1. The van der Waals surface area contributed by atoms with Gasteiger partial charge in [0.05, 0.1) is 16.9 Å². The van der Waals surface area contributed by atoms with Gasteiger partial charge in [-0.3, -0.25) is 9.59 Å². The summed E-state index contributed by atoms with van der Waals surface area (Å²) >= 11 is 0. The third-order valence-corrected chi connectivity index (χ3v) is 3.04. The van der Waals surface area contributed by atoms with E-state index in [0.717, 1.165) is 0 Å². The second-order valence-electron chi connectivity index (χ2n) is 4.70. The first-order valence-electron chi connectivity index (χ1n) is 6.70. The van der Waals surface area contributed by atoms with E-state index in [-0.39, 0.29) is 17.2 Å². The fourth-order valence-corrected chi connectivity index (χ4v) is 1.86. The zero-order valence-corrected chi connectivity index (χ0v) is 12.1. The van der Waals surface area contributed by atoms with Gasteiger partial charge in [0.1, 0.15) is 5.75 Å². The first-order valence-corrected chi connectivity index (χ1v) is 6.70. The highest BCUT2D eigenvalue weighted by Gasteiger charge is 2.18. The quantitative estimate of drug-likeness (QED) is 0.731. The smallest absolute Gasteiger partial charge is 0.265 e. The predicted molar refractivity (Wildman–Crippen MR) is 84.5 cm³/mol. The van der Waals surface area contributed by atoms with Gasteiger partial charge in [-0.1, -0.05) is 24.3 Å². The summed E-state index contributed by atoms with van der Waals surface area (Å²) in [5, 5.41) is 2.67. The van der Waals surface area contributed by atoms with Crippen LogP contribution in [0.25, 0.3) is 0 Å². The van der Waals surface area contributed by atoms with Crippen LogP contribution in [-0.4, -0.2) is 17.9 Å². The molecule has 22 heavy (non-hydrogen) atoms. The first kappa shape index (κ1) is 15.4. The fraction of sp³-hybridized carbons (Fsp3) is 0.125. The minimum Gasteiger partial charge on any atom is -0.480 e. The van der Waals surface area contributed by atoms with Crippen molar-refractivity contribution >= 4 is 23.2 Å². The molecule has 0 spiro atoms. The molecule has 0 aliphatic heterocycles. The Morgan fingerprint density at radius 2 is 1.73 bits per heavy atom. The standard InChI is InChI=1S/C16H17N3O3/c1-10(16(21)19-13-8-4-3-7-12(13)17)22-14-9-5-2-6-11(14)15(18)20/h2-10H,17H2,1H3,(H2,18,20)(H,19,21). The number of anilines is 2. The molecule has 1 unspecified atom stereocenters. The maximum Gasteiger partial charge on any atom is 0.265 e. The van der Waals surface area contributed by atoms with Crippen LogP contribution in [0.5, 0.6) is 5.75 Å². The predicted octanol–water partition coefficient (Wildman–Crippen LogP) is 1.77. The van der Waals surface area contributed by atoms with E-state index >= 15 is 0 Å². The summed E-state index contributed by atoms with van der Waals surface area (Å²) in [6.07, 6.45) is -0.819. The van der Waals surface area contributed by atoms with Gasteiger partial charge in [-0.05, 0) is 31.2 Å². The van der Waals surface area contributed by atoms with Crippen LogP contribution in [0.15, 0.2) is 48.5 Å². The summed E-state index contributed by atoms with van der Waals surface area (Å²) in [5.41, 5.74) is 12.2. The van der Waals surface area contributed by atoms with Crippen LogP contribution >= 0.6 is 0 Å². The Morgan fingerprint density at radius 1 is 1.09 bits per heavy atom. The summed E-state index contributed by atoms with van der Waals surface area (Å²) in [6.45, 7) is 1.58. The fourth-order valence-electron chi connectivity index (χ4n) is 1.86. The van der Waals surface area contributed by atoms with E-state index in [1.165, 1.54) is 6.07 Å². The van der Waals surface area contributed by atoms with Crippen molar-refractivity contribution in [3.05, 3.63) is 54.1 Å². The Hall–Kier alpha value is -3.02. The molecule has 114 valence electrons. The van der Waals surface area contributed by atoms with Crippen LogP contribution in [0.1, 0.15) is 17.3 Å². The lowest BCUT2D eigenvalue weighted by Crippen LogP contribution is -2.31. The first-order chi connectivity index (χ1) is 10.5. The molecule has 0 aliphatic rings. The Balaban J connectivity index is 2.09. The lowest BCUT2D eigenvalue weighted by Gasteiger charge is -2.17. The normalized spacial score (nSPS) is 11.5. The molecule has 2 aromatic carbocycles. The van der Waals surface area contributed by atoms with Crippen molar-refractivity contribution in [3.63, 3.8) is 0 Å². The van der Waals surface area contributed by atoms with Crippen LogP contribution < -0.4 is 21.5 Å². The summed E-state index contributed by atoms with van der Waals surface area (Å²) < 4.78 is 5.53. The SMILES string of the molecule is CC(Oc1ccccc1C(N)=O)C(=O)Nc1ccccc1N. The van der Waals surface area contributed by atoms with E-state index in [1.807, 2.05) is 0 Å². The molecule has 0 heterocycles. The van der Waals surface area contributed by atoms with E-state index in [9.17, 15) is 9.59 Å². The largest absolute Gasteiger partial charge is 0.480 e. The number of primary amides is 1. The number of benzene rings is 2. The Bertz CT molecular complexity index is 701. The number of rotatable bonds is 5. The lowest BCUT2D eigenvalue weighted by molar-refractivity contribution is -0.122. The molecule has 2 aromatic rings. The molecule has 2 amide bonds. The van der Waals surface area contributed by atoms with Crippen LogP contribution in [-0.2, 0) is 4.79 Å². The Kier molecular flexibility index (Phi) is 4.63. The number of para-hydroxylation sites is 3. The molecule has 0 aromatic heterocycles. The Morgan fingerprint density at radius 3 is 2.41 bits per heavy atom. The van der Waals surface area contributed by atoms with Crippen molar-refractivity contribution in [1.29, 1.82) is 0 Å². The molecule has 0 fully saturated rings. The van der Waals surface area contributed by atoms with Crippen LogP contribution in [0.3, 0.4) is 0 Å². The molecule has 2 rings (SSSR count). The zero-order valence-electron chi connectivity index (χ0n) is 12.1. The summed E-state index contributed by atoms with van der Waals surface area (Å²) in [5.74, 6) is -0.730. The molecular formula is C16H17N3O3. The number of nitrogens with two attached hydrogens (primary N) is 2. The number of ether oxygens (including phenoxy) is 1. The molecule has 0 aliphatic carbocycles. The molecule has 5 N–H and O–H groups in total. The monoisotopic (exact) mass is 299 g/mol. The molecule has 0 bridgehead atoms. The van der Waals surface area contributed by atoms with Gasteiger partial charge in [-0.25, -0.2) is 0 Å². The molecular weight excluding hydrogens is 282 g/mol. The molecule has 0 saturated heterocycles. The minimum absolute atomic E-state index is 0.223. The van der Waals surface area contributed by atoms with Crippen molar-refractivity contribution in [2.75, 3.05) is 11.1 Å². The highest BCUT2D eigenvalue weighted by Crippen LogP contribution is 2.20. The van der Waals surface area contributed by atoms with Gasteiger partial charge < -0.3 is 21.5 Å². The molecule has 6 heteroatoms. The number of nitrogen functional groups attached to an aromatic ring is 1. The number of carbonyl (C=O) groups is 2. The van der Waals surface area contributed by atoms with Gasteiger partial charge in [0.25, 0.3) is 11.8 Å². The molecule has 0 radical (unpaired) electrons. The maximum atomic E-state index is 12.1. The van der Waals surface area contributed by atoms with E-state index in [0.29, 0.717) is 11.4 Å². The number of nitrogens with one attached hydrogen (secondary N) is 1. The molecule has 1 atom stereocenters. The van der Waals surface area contributed by atoms with Crippen molar-refractivity contribution in [3.8, 4) is 5.75 Å². The highest BCUT2D eigenvalue weighted by atomic mass is 16.5. The van der Waals surface area contributed by atoms with Gasteiger partial charge in [0.15, 0.2) is 6.10 Å². The molecule has 0 saturated carbocycles. The third-order valence-electron chi connectivity index (χ3n) is 3.04. The van der Waals surface area contributed by atoms with Crippen LogP contribution in [0, 0.1) is 0 Å². The summed E-state index contributed by atoms with van der Waals surface area (Å²) in [4.78, 5) is 23.5. The number of carbonyl (C=O) groups excluding carboxylic acids is 2. The van der Waals surface area contributed by atoms with Crippen molar-refractivity contribution < 1.29 is 14.3 Å². The van der Waals surface area contributed by atoms with Gasteiger partial charge >= 0.3 is 0 Å². The average molecular weight is 299 g/mol. The minimum atomic E-state index is -0.819. The Labute approximate surface area is 128 Å². The van der Waals surface area contributed by atoms with Crippen LogP contribution in [0.2, 0.25) is 0 Å². The van der Waals surface area contributed by atoms with E-state index in [4.69, 9.17) is 16.2 Å². The van der Waals surface area contributed by atoms with Gasteiger partial charge in [0.2, 0.25) is 0 Å². The number of amides is 2. The van der Waals surface area contributed by atoms with Crippen molar-refractivity contribution in [2.45, 2.75) is 13.0 Å². The zero-order chi connectivity index (χ0) is 16.1. The molecule has 6 nitrogen and oxygen atoms in total. The van der Waals surface area contributed by atoms with Crippen molar-refractivity contribution in [2.24, 2.45) is 5.73 Å². The van der Waals surface area contributed by atoms with Gasteiger partial charge in [-0.15, -0.1) is 0 Å². The topological polar surface area (TPSA) is 107 Å². The number of hydrogen-bond donors (Lipinski definition) is 3. The second-order valence-corrected chi connectivity index (χ2v) is 4.70. The third kappa shape index (κ3) is 3.54. The average Bonchev–Trinajstić information content (AvgIpc) is 2.49. The summed E-state index contributed by atoms with van der Waals surface area (Å²) in [6, 6.07) is 13.4. The summed E-state index contributed by atoms with van der Waals surface area (Å²) in [7, 11) is 0. The number of hydrogen-bond acceptors (Lipinski definition) is 4. The van der Waals surface area contributed by atoms with E-state index < -0.39 is 12.0 Å². The lowest BCUT2D eigenvalue weighted by atomic mass is 10.2. The second kappa shape index (κ2) is 6.62. The van der Waals surface area contributed by atoms with E-state index in [1.54, 1.807) is 49.4 Å². The van der Waals surface area contributed by atoms with E-state index in [2.05, 4.69) is 5.32 Å². The van der Waals surface area contributed by atoms with Gasteiger partial charge in [0, 0.05) is 0 Å².